The van der Waals surface area contributed by atoms with Gasteiger partial charge in [-0.1, -0.05) is 0 Å². The summed E-state index contributed by atoms with van der Waals surface area (Å²) in [6.07, 6.45) is -0.163. The predicted octanol–water partition coefficient (Wildman–Crippen LogP) is 3.43. The second-order valence-corrected chi connectivity index (χ2v) is 5.90. The molecular weight excluding hydrogens is 262 g/mol. The van der Waals surface area contributed by atoms with Crippen LogP contribution in [0.25, 0.3) is 0 Å². The lowest BCUT2D eigenvalue weighted by molar-refractivity contribution is 0.0891. The van der Waals surface area contributed by atoms with Crippen molar-refractivity contribution in [3.05, 3.63) is 38.7 Å². The molecule has 0 saturated carbocycles. The number of aryl methyl sites for hydroxylation is 4. The largest absolute Gasteiger partial charge is 0.466 e. The summed E-state index contributed by atoms with van der Waals surface area (Å²) < 4.78 is 5.31. The molecule has 0 spiro atoms. The van der Waals surface area contributed by atoms with Crippen LogP contribution in [0.2, 0.25) is 0 Å². The molecule has 2 heterocycles. The van der Waals surface area contributed by atoms with Gasteiger partial charge in [-0.05, 0) is 33.8 Å². The molecule has 100 valence electrons. The maximum Gasteiger partial charge on any atom is 0.190 e. The Balaban J connectivity index is 2.18. The van der Waals surface area contributed by atoms with Crippen molar-refractivity contribution in [3.63, 3.8) is 0 Å². The van der Waals surface area contributed by atoms with Crippen LogP contribution >= 0.6 is 11.3 Å². The summed E-state index contributed by atoms with van der Waals surface area (Å²) in [5.41, 5.74) is 0.893. The molecule has 0 saturated heterocycles. The molecule has 0 atom stereocenters. The Labute approximate surface area is 115 Å². The molecular formula is C14H15NO3S. The molecule has 0 aliphatic rings. The molecule has 0 aromatic carbocycles. The van der Waals surface area contributed by atoms with Crippen LogP contribution in [-0.4, -0.2) is 16.6 Å². The number of ketones is 2. The molecule has 0 radical (unpaired) electrons. The fourth-order valence-electron chi connectivity index (χ4n) is 2.02. The molecule has 0 aliphatic heterocycles. The van der Waals surface area contributed by atoms with Crippen molar-refractivity contribution in [1.29, 1.82) is 0 Å². The lowest BCUT2D eigenvalue weighted by atomic mass is 10.0. The number of carbonyl (C=O) groups excluding carboxylic acids is 2. The van der Waals surface area contributed by atoms with Crippen LogP contribution in [0.5, 0.6) is 0 Å². The minimum atomic E-state index is -0.231. The van der Waals surface area contributed by atoms with Crippen LogP contribution in [0.15, 0.2) is 10.5 Å². The highest BCUT2D eigenvalue weighted by molar-refractivity contribution is 7.11. The number of hydrogen-bond acceptors (Lipinski definition) is 5. The Hall–Kier alpha value is -1.75. The highest BCUT2D eigenvalue weighted by atomic mass is 32.1. The summed E-state index contributed by atoms with van der Waals surface area (Å²) >= 11 is 1.47. The highest BCUT2D eigenvalue weighted by Crippen LogP contribution is 2.20. The minimum absolute atomic E-state index is 0.163. The second kappa shape index (κ2) is 5.09. The fourth-order valence-corrected chi connectivity index (χ4v) is 2.86. The third-order valence-corrected chi connectivity index (χ3v) is 3.72. The summed E-state index contributed by atoms with van der Waals surface area (Å²) in [7, 11) is 0. The van der Waals surface area contributed by atoms with Gasteiger partial charge in [-0.15, -0.1) is 11.3 Å². The molecule has 0 aliphatic carbocycles. The summed E-state index contributed by atoms with van der Waals surface area (Å²) in [4.78, 5) is 29.2. The van der Waals surface area contributed by atoms with E-state index in [0.29, 0.717) is 22.8 Å². The highest BCUT2D eigenvalue weighted by Gasteiger charge is 2.21. The van der Waals surface area contributed by atoms with Gasteiger partial charge in [-0.3, -0.25) is 9.59 Å². The summed E-state index contributed by atoms with van der Waals surface area (Å²) in [5, 5.41) is 0.837. The van der Waals surface area contributed by atoms with Crippen molar-refractivity contribution in [3.8, 4) is 0 Å². The van der Waals surface area contributed by atoms with Gasteiger partial charge in [0.1, 0.15) is 17.2 Å². The van der Waals surface area contributed by atoms with Gasteiger partial charge in [0, 0.05) is 4.88 Å². The van der Waals surface area contributed by atoms with E-state index in [1.54, 1.807) is 19.9 Å². The monoisotopic (exact) mass is 277 g/mol. The number of nitrogens with zero attached hydrogens (tertiary/aromatic N) is 1. The van der Waals surface area contributed by atoms with Crippen molar-refractivity contribution in [1.82, 2.24) is 4.98 Å². The quantitative estimate of drug-likeness (QED) is 0.634. The van der Waals surface area contributed by atoms with Crippen molar-refractivity contribution >= 4 is 22.9 Å². The van der Waals surface area contributed by atoms with Crippen LogP contribution < -0.4 is 0 Å². The van der Waals surface area contributed by atoms with E-state index in [2.05, 4.69) is 4.98 Å². The second-order valence-electron chi connectivity index (χ2n) is 4.49. The van der Waals surface area contributed by atoms with Crippen LogP contribution in [0.3, 0.4) is 0 Å². The van der Waals surface area contributed by atoms with Crippen LogP contribution in [0.1, 0.15) is 48.7 Å². The van der Waals surface area contributed by atoms with Crippen molar-refractivity contribution < 1.29 is 14.0 Å². The van der Waals surface area contributed by atoms with Crippen LogP contribution in [0.4, 0.5) is 0 Å². The van der Waals surface area contributed by atoms with E-state index in [9.17, 15) is 9.59 Å². The first-order valence-corrected chi connectivity index (χ1v) is 6.77. The molecule has 4 nitrogen and oxygen atoms in total. The minimum Gasteiger partial charge on any atom is -0.466 e. The van der Waals surface area contributed by atoms with E-state index in [1.807, 2.05) is 13.8 Å². The van der Waals surface area contributed by atoms with Crippen LogP contribution in [-0.2, 0) is 0 Å². The zero-order valence-corrected chi connectivity index (χ0v) is 12.2. The Kier molecular flexibility index (Phi) is 3.66. The number of hydrogen-bond donors (Lipinski definition) is 0. The Morgan fingerprint density at radius 1 is 1.21 bits per heavy atom. The first-order chi connectivity index (χ1) is 8.88. The van der Waals surface area contributed by atoms with E-state index < -0.39 is 0 Å². The molecule has 19 heavy (non-hydrogen) atoms. The molecule has 5 heteroatoms. The lowest BCUT2D eigenvalue weighted by Gasteiger charge is -1.98. The van der Waals surface area contributed by atoms with Crippen molar-refractivity contribution in [2.45, 2.75) is 34.1 Å². The molecule has 0 bridgehead atoms. The zero-order valence-electron chi connectivity index (χ0n) is 11.4. The summed E-state index contributed by atoms with van der Waals surface area (Å²) in [6, 6.07) is 1.67. The van der Waals surface area contributed by atoms with Gasteiger partial charge in [-0.25, -0.2) is 4.98 Å². The van der Waals surface area contributed by atoms with E-state index in [1.165, 1.54) is 11.3 Å². The van der Waals surface area contributed by atoms with Gasteiger partial charge in [0.15, 0.2) is 11.6 Å². The average Bonchev–Trinajstić information content (AvgIpc) is 2.81. The molecule has 0 N–H and O–H groups in total. The van der Waals surface area contributed by atoms with E-state index in [4.69, 9.17) is 4.42 Å². The van der Waals surface area contributed by atoms with Gasteiger partial charge in [0.25, 0.3) is 0 Å². The number of rotatable bonds is 4. The van der Waals surface area contributed by atoms with Gasteiger partial charge < -0.3 is 4.42 Å². The number of Topliss-reactive ketones (excluding diaryl/α,β-unsaturated/α-hetero) is 2. The lowest BCUT2D eigenvalue weighted by Crippen LogP contribution is -2.10. The maximum atomic E-state index is 12.1. The molecule has 2 aromatic heterocycles. The average molecular weight is 277 g/mol. The zero-order chi connectivity index (χ0) is 14.2. The van der Waals surface area contributed by atoms with Crippen molar-refractivity contribution in [2.75, 3.05) is 0 Å². The first-order valence-electron chi connectivity index (χ1n) is 5.96. The Morgan fingerprint density at radius 3 is 2.37 bits per heavy atom. The van der Waals surface area contributed by atoms with E-state index in [-0.39, 0.29) is 18.0 Å². The predicted molar refractivity (Wildman–Crippen MR) is 73.0 cm³/mol. The number of furan rings is 1. The molecule has 2 aromatic rings. The van der Waals surface area contributed by atoms with Gasteiger partial charge in [0.05, 0.1) is 17.0 Å². The number of thiazole rings is 1. The molecule has 0 unspecified atom stereocenters. The van der Waals surface area contributed by atoms with Gasteiger partial charge >= 0.3 is 0 Å². The standard InChI is InChI=1S/C14H15NO3S/c1-7-5-11(8(2)18-7)12(16)6-13(17)14-9(3)19-10(4)15-14/h5H,6H2,1-4H3. The third kappa shape index (κ3) is 2.81. The van der Waals surface area contributed by atoms with Gasteiger partial charge in [0.2, 0.25) is 0 Å². The number of carbonyl (C=O) groups is 2. The fraction of sp³-hybridized carbons (Fsp3) is 0.357. The summed E-state index contributed by atoms with van der Waals surface area (Å²) in [6.45, 7) is 7.19. The third-order valence-electron chi connectivity index (χ3n) is 2.83. The first kappa shape index (κ1) is 13.7. The normalized spacial score (nSPS) is 10.7. The van der Waals surface area contributed by atoms with E-state index in [0.717, 1.165) is 9.88 Å². The Morgan fingerprint density at radius 2 is 1.89 bits per heavy atom. The van der Waals surface area contributed by atoms with Crippen LogP contribution in [0, 0.1) is 27.7 Å². The topological polar surface area (TPSA) is 60.2 Å². The molecule has 2 rings (SSSR count). The summed E-state index contributed by atoms with van der Waals surface area (Å²) in [5.74, 6) is 0.782. The molecule has 0 fully saturated rings. The van der Waals surface area contributed by atoms with E-state index >= 15 is 0 Å². The number of aromatic nitrogens is 1. The maximum absolute atomic E-state index is 12.1. The smallest absolute Gasteiger partial charge is 0.190 e. The van der Waals surface area contributed by atoms with Gasteiger partial charge in [-0.2, -0.15) is 0 Å². The SMILES string of the molecule is Cc1cc(C(=O)CC(=O)c2nc(C)sc2C)c(C)o1. The van der Waals surface area contributed by atoms with Crippen molar-refractivity contribution in [2.24, 2.45) is 0 Å². The molecule has 0 amide bonds. The Bertz CT molecular complexity index is 595.